The number of rotatable bonds is 5. The second-order valence-corrected chi connectivity index (χ2v) is 5.49. The lowest BCUT2D eigenvalue weighted by Gasteiger charge is -2.33. The molecule has 1 aliphatic heterocycles. The molecule has 1 amide bonds. The highest BCUT2D eigenvalue weighted by Crippen LogP contribution is 2.18. The molecule has 0 N–H and O–H groups in total. The number of halogens is 1. The molecule has 1 aromatic heterocycles. The molecule has 2 rings (SSSR count). The van der Waals surface area contributed by atoms with Crippen LogP contribution >= 0.6 is 15.9 Å². The summed E-state index contributed by atoms with van der Waals surface area (Å²) in [5.41, 5.74) is 0. The fourth-order valence-electron chi connectivity index (χ4n) is 2.25. The van der Waals surface area contributed by atoms with Crippen LogP contribution in [0.5, 0.6) is 5.75 Å². The topological polar surface area (TPSA) is 42.4 Å². The predicted molar refractivity (Wildman–Crippen MR) is 77.5 cm³/mol. The van der Waals surface area contributed by atoms with Gasteiger partial charge in [-0.1, -0.05) is 15.9 Å². The standard InChI is InChI=1S/C14H19BrN2O2/c15-7-1-4-14(18)17-10-2-3-13(11-17)19-12-5-8-16-9-6-12/h5-6,8-9,13H,1-4,7,10-11H2. The summed E-state index contributed by atoms with van der Waals surface area (Å²) in [6, 6.07) is 3.71. The van der Waals surface area contributed by atoms with Crippen molar-refractivity contribution in [3.8, 4) is 5.75 Å². The number of pyridine rings is 1. The normalized spacial score (nSPS) is 19.2. The van der Waals surface area contributed by atoms with E-state index in [9.17, 15) is 4.79 Å². The van der Waals surface area contributed by atoms with E-state index in [2.05, 4.69) is 20.9 Å². The van der Waals surface area contributed by atoms with Crippen molar-refractivity contribution in [2.75, 3.05) is 18.4 Å². The molecule has 1 fully saturated rings. The molecule has 1 unspecified atom stereocenters. The van der Waals surface area contributed by atoms with Crippen LogP contribution in [-0.4, -0.2) is 40.3 Å². The average molecular weight is 327 g/mol. The summed E-state index contributed by atoms with van der Waals surface area (Å²) in [6.45, 7) is 1.56. The molecule has 0 bridgehead atoms. The fourth-order valence-corrected chi connectivity index (χ4v) is 2.53. The Kier molecular flexibility index (Phi) is 5.63. The molecule has 0 aliphatic carbocycles. The summed E-state index contributed by atoms with van der Waals surface area (Å²) in [5.74, 6) is 1.07. The van der Waals surface area contributed by atoms with E-state index < -0.39 is 0 Å². The minimum absolute atomic E-state index is 0.101. The van der Waals surface area contributed by atoms with E-state index in [0.717, 1.165) is 36.9 Å². The first-order valence-electron chi connectivity index (χ1n) is 6.70. The monoisotopic (exact) mass is 326 g/mol. The molecule has 1 aliphatic rings. The van der Waals surface area contributed by atoms with Crippen LogP contribution in [0, 0.1) is 0 Å². The Morgan fingerprint density at radius 3 is 3.00 bits per heavy atom. The Morgan fingerprint density at radius 1 is 1.47 bits per heavy atom. The van der Waals surface area contributed by atoms with Crippen LogP contribution in [-0.2, 0) is 4.79 Å². The largest absolute Gasteiger partial charge is 0.488 e. The first-order chi connectivity index (χ1) is 9.29. The number of hydrogen-bond donors (Lipinski definition) is 0. The number of amides is 1. The number of ether oxygens (including phenoxy) is 1. The van der Waals surface area contributed by atoms with Gasteiger partial charge in [0.15, 0.2) is 0 Å². The van der Waals surface area contributed by atoms with Crippen LogP contribution in [0.4, 0.5) is 0 Å². The molecule has 1 saturated heterocycles. The molecule has 0 aromatic carbocycles. The van der Waals surface area contributed by atoms with E-state index >= 15 is 0 Å². The predicted octanol–water partition coefficient (Wildman–Crippen LogP) is 2.63. The quantitative estimate of drug-likeness (QED) is 0.781. The van der Waals surface area contributed by atoms with Gasteiger partial charge < -0.3 is 9.64 Å². The fraction of sp³-hybridized carbons (Fsp3) is 0.571. The first kappa shape index (κ1) is 14.3. The molecule has 5 heteroatoms. The molecule has 104 valence electrons. The van der Waals surface area contributed by atoms with Gasteiger partial charge in [-0.3, -0.25) is 9.78 Å². The number of carbonyl (C=O) groups is 1. The lowest BCUT2D eigenvalue weighted by Crippen LogP contribution is -2.44. The van der Waals surface area contributed by atoms with Crippen molar-refractivity contribution in [3.63, 3.8) is 0 Å². The zero-order valence-corrected chi connectivity index (χ0v) is 12.5. The van der Waals surface area contributed by atoms with Gasteiger partial charge in [0.05, 0.1) is 6.54 Å². The third-order valence-electron chi connectivity index (χ3n) is 3.21. The number of carbonyl (C=O) groups excluding carboxylic acids is 1. The van der Waals surface area contributed by atoms with Crippen molar-refractivity contribution in [1.82, 2.24) is 9.88 Å². The Labute approximate surface area is 122 Å². The average Bonchev–Trinajstić information content (AvgIpc) is 2.46. The summed E-state index contributed by atoms with van der Waals surface area (Å²) >= 11 is 3.36. The maximum Gasteiger partial charge on any atom is 0.222 e. The molecule has 0 radical (unpaired) electrons. The minimum atomic E-state index is 0.101. The third kappa shape index (κ3) is 4.49. The van der Waals surface area contributed by atoms with Crippen LogP contribution in [0.3, 0.4) is 0 Å². The van der Waals surface area contributed by atoms with E-state index in [4.69, 9.17) is 4.74 Å². The summed E-state index contributed by atoms with van der Waals surface area (Å²) < 4.78 is 5.90. The summed E-state index contributed by atoms with van der Waals surface area (Å²) in [4.78, 5) is 17.9. The second kappa shape index (κ2) is 7.48. The van der Waals surface area contributed by atoms with Crippen molar-refractivity contribution in [2.24, 2.45) is 0 Å². The highest BCUT2D eigenvalue weighted by Gasteiger charge is 2.24. The van der Waals surface area contributed by atoms with Crippen LogP contribution in [0.1, 0.15) is 25.7 Å². The maximum absolute atomic E-state index is 12.0. The van der Waals surface area contributed by atoms with Gasteiger partial charge in [-0.25, -0.2) is 0 Å². The minimum Gasteiger partial charge on any atom is -0.488 e. The van der Waals surface area contributed by atoms with Gasteiger partial charge in [-0.05, 0) is 31.4 Å². The summed E-state index contributed by atoms with van der Waals surface area (Å²) in [7, 11) is 0. The molecule has 0 saturated carbocycles. The van der Waals surface area contributed by atoms with Crippen molar-refractivity contribution in [1.29, 1.82) is 0 Å². The summed E-state index contributed by atoms with van der Waals surface area (Å²) in [5, 5.41) is 0.878. The molecule has 1 aromatic rings. The van der Waals surface area contributed by atoms with Crippen molar-refractivity contribution in [3.05, 3.63) is 24.5 Å². The van der Waals surface area contributed by atoms with Crippen LogP contribution < -0.4 is 4.74 Å². The number of piperidine rings is 1. The number of hydrogen-bond acceptors (Lipinski definition) is 3. The highest BCUT2D eigenvalue weighted by atomic mass is 79.9. The second-order valence-electron chi connectivity index (χ2n) is 4.70. The lowest BCUT2D eigenvalue weighted by molar-refractivity contribution is -0.133. The maximum atomic E-state index is 12.0. The third-order valence-corrected chi connectivity index (χ3v) is 3.77. The van der Waals surface area contributed by atoms with Crippen LogP contribution in [0.15, 0.2) is 24.5 Å². The number of aromatic nitrogens is 1. The molecule has 4 nitrogen and oxygen atoms in total. The van der Waals surface area contributed by atoms with Crippen molar-refractivity contribution < 1.29 is 9.53 Å². The van der Waals surface area contributed by atoms with E-state index in [1.807, 2.05) is 17.0 Å². The zero-order valence-electron chi connectivity index (χ0n) is 10.9. The van der Waals surface area contributed by atoms with E-state index in [0.29, 0.717) is 13.0 Å². The molecule has 2 heterocycles. The number of nitrogens with zero attached hydrogens (tertiary/aromatic N) is 2. The van der Waals surface area contributed by atoms with Gasteiger partial charge in [-0.2, -0.15) is 0 Å². The van der Waals surface area contributed by atoms with Gasteiger partial charge in [0.1, 0.15) is 11.9 Å². The highest BCUT2D eigenvalue weighted by molar-refractivity contribution is 9.09. The zero-order chi connectivity index (χ0) is 13.5. The van der Waals surface area contributed by atoms with Crippen LogP contribution in [0.2, 0.25) is 0 Å². The van der Waals surface area contributed by atoms with Gasteiger partial charge >= 0.3 is 0 Å². The molecular formula is C14H19BrN2O2. The molecule has 0 spiro atoms. The number of likely N-dealkylation sites (tertiary alicyclic amines) is 1. The van der Waals surface area contributed by atoms with E-state index in [-0.39, 0.29) is 12.0 Å². The lowest BCUT2D eigenvalue weighted by atomic mass is 10.1. The van der Waals surface area contributed by atoms with Gasteiger partial charge in [0, 0.05) is 30.7 Å². The van der Waals surface area contributed by atoms with Crippen LogP contribution in [0.25, 0.3) is 0 Å². The van der Waals surface area contributed by atoms with Gasteiger partial charge in [-0.15, -0.1) is 0 Å². The van der Waals surface area contributed by atoms with E-state index in [1.165, 1.54) is 0 Å². The van der Waals surface area contributed by atoms with Gasteiger partial charge in [0.2, 0.25) is 5.91 Å². The SMILES string of the molecule is O=C(CCCBr)N1CCCC(Oc2ccncc2)C1. The molecule has 19 heavy (non-hydrogen) atoms. The Balaban J connectivity index is 1.85. The first-order valence-corrected chi connectivity index (χ1v) is 7.82. The summed E-state index contributed by atoms with van der Waals surface area (Å²) in [6.07, 6.45) is 7.07. The number of alkyl halides is 1. The van der Waals surface area contributed by atoms with E-state index in [1.54, 1.807) is 12.4 Å². The van der Waals surface area contributed by atoms with Crippen molar-refractivity contribution >= 4 is 21.8 Å². The van der Waals surface area contributed by atoms with Gasteiger partial charge in [0.25, 0.3) is 0 Å². The Bertz CT molecular complexity index is 400. The van der Waals surface area contributed by atoms with Crippen molar-refractivity contribution in [2.45, 2.75) is 31.8 Å². The molecule has 1 atom stereocenters. The Morgan fingerprint density at radius 2 is 2.26 bits per heavy atom. The molecular weight excluding hydrogens is 308 g/mol. The Hall–Kier alpha value is -1.10. The smallest absolute Gasteiger partial charge is 0.222 e.